The molecule has 0 aliphatic heterocycles. The topological polar surface area (TPSA) is 29.1 Å². The smallest absolute Gasteiger partial charge is 0.256 e. The van der Waals surface area contributed by atoms with Crippen LogP contribution in [0, 0.1) is 6.92 Å². The van der Waals surface area contributed by atoms with Crippen molar-refractivity contribution >= 4 is 51.8 Å². The Hall–Kier alpha value is -0.970. The zero-order chi connectivity index (χ0) is 14.0. The summed E-state index contributed by atoms with van der Waals surface area (Å²) in [6, 6.07) is 10.7. The van der Waals surface area contributed by atoms with Crippen molar-refractivity contribution < 1.29 is 4.79 Å². The molecule has 0 fully saturated rings. The summed E-state index contributed by atoms with van der Waals surface area (Å²) in [4.78, 5) is 12.7. The van der Waals surface area contributed by atoms with Gasteiger partial charge in [0.15, 0.2) is 0 Å². The lowest BCUT2D eigenvalue weighted by Gasteiger charge is -2.08. The fourth-order valence-corrected chi connectivity index (χ4v) is 2.60. The summed E-state index contributed by atoms with van der Waals surface area (Å²) in [5.41, 5.74) is 2.15. The van der Waals surface area contributed by atoms with Gasteiger partial charge >= 0.3 is 0 Å². The van der Waals surface area contributed by atoms with Gasteiger partial charge in [-0.05, 0) is 42.8 Å². The van der Waals surface area contributed by atoms with Crippen LogP contribution in [0.25, 0.3) is 0 Å². The first kappa shape index (κ1) is 14.4. The number of carbonyl (C=O) groups excluding carboxylic acids is 1. The van der Waals surface area contributed by atoms with Crippen molar-refractivity contribution in [3.05, 3.63) is 57.0 Å². The predicted molar refractivity (Wildman–Crippen MR) is 85.5 cm³/mol. The number of aryl methyl sites for hydroxylation is 1. The molecule has 2 aromatic carbocycles. The van der Waals surface area contributed by atoms with Crippen molar-refractivity contribution in [3.63, 3.8) is 0 Å². The second-order valence-electron chi connectivity index (χ2n) is 4.08. The molecule has 0 saturated heterocycles. The number of benzene rings is 2. The zero-order valence-electron chi connectivity index (χ0n) is 10.1. The highest BCUT2D eigenvalue weighted by Crippen LogP contribution is 2.23. The quantitative estimate of drug-likeness (QED) is 0.732. The van der Waals surface area contributed by atoms with E-state index in [2.05, 4.69) is 33.9 Å². The van der Waals surface area contributed by atoms with Gasteiger partial charge in [0.25, 0.3) is 5.91 Å². The first-order valence-corrected chi connectivity index (χ1v) is 7.15. The Balaban J connectivity index is 2.23. The third-order valence-electron chi connectivity index (χ3n) is 2.63. The summed E-state index contributed by atoms with van der Waals surface area (Å²) in [5, 5.41) is 3.42. The van der Waals surface area contributed by atoms with E-state index in [1.807, 2.05) is 19.1 Å². The fourth-order valence-electron chi connectivity index (χ4n) is 1.57. The van der Waals surface area contributed by atoms with E-state index in [1.54, 1.807) is 24.3 Å². The van der Waals surface area contributed by atoms with E-state index in [9.17, 15) is 4.79 Å². The molecular formula is C14H11BrClNOS. The maximum absolute atomic E-state index is 12.1. The minimum Gasteiger partial charge on any atom is -0.322 e. The van der Waals surface area contributed by atoms with Crippen LogP contribution in [0.5, 0.6) is 0 Å². The number of hydrogen-bond donors (Lipinski definition) is 2. The van der Waals surface area contributed by atoms with E-state index >= 15 is 0 Å². The summed E-state index contributed by atoms with van der Waals surface area (Å²) in [6.45, 7) is 1.91. The predicted octanol–water partition coefficient (Wildman–Crippen LogP) is 4.95. The molecule has 0 saturated carbocycles. The molecule has 1 N–H and O–H groups in total. The van der Waals surface area contributed by atoms with E-state index in [0.29, 0.717) is 21.2 Å². The molecule has 1 amide bonds. The number of anilines is 1. The van der Waals surface area contributed by atoms with Crippen LogP contribution in [-0.4, -0.2) is 5.91 Å². The second kappa shape index (κ2) is 5.99. The number of amides is 1. The molecular weight excluding hydrogens is 346 g/mol. The van der Waals surface area contributed by atoms with Crippen LogP contribution in [0.3, 0.4) is 0 Å². The molecule has 98 valence electrons. The van der Waals surface area contributed by atoms with Crippen molar-refractivity contribution in [3.8, 4) is 0 Å². The molecule has 0 bridgehead atoms. The van der Waals surface area contributed by atoms with Crippen molar-refractivity contribution in [1.29, 1.82) is 0 Å². The molecule has 19 heavy (non-hydrogen) atoms. The SMILES string of the molecule is Cc1ccc(NC(=O)c2ccc(Br)cc2S)cc1Cl. The van der Waals surface area contributed by atoms with Gasteiger partial charge < -0.3 is 5.32 Å². The fraction of sp³-hybridized carbons (Fsp3) is 0.0714. The summed E-state index contributed by atoms with van der Waals surface area (Å²) >= 11 is 13.6. The number of rotatable bonds is 2. The van der Waals surface area contributed by atoms with Gasteiger partial charge in [-0.2, -0.15) is 0 Å². The molecule has 0 radical (unpaired) electrons. The normalized spacial score (nSPS) is 10.3. The largest absolute Gasteiger partial charge is 0.322 e. The Morgan fingerprint density at radius 1 is 1.26 bits per heavy atom. The maximum Gasteiger partial charge on any atom is 0.256 e. The minimum atomic E-state index is -0.211. The van der Waals surface area contributed by atoms with E-state index in [0.717, 1.165) is 10.0 Å². The highest BCUT2D eigenvalue weighted by atomic mass is 79.9. The van der Waals surface area contributed by atoms with E-state index in [1.165, 1.54) is 0 Å². The van der Waals surface area contributed by atoms with Crippen LogP contribution < -0.4 is 5.32 Å². The highest BCUT2D eigenvalue weighted by Gasteiger charge is 2.10. The van der Waals surface area contributed by atoms with E-state index in [-0.39, 0.29) is 5.91 Å². The Bertz CT molecular complexity index is 645. The molecule has 0 unspecified atom stereocenters. The van der Waals surface area contributed by atoms with Gasteiger partial charge in [0.2, 0.25) is 0 Å². The Morgan fingerprint density at radius 2 is 2.00 bits per heavy atom. The number of hydrogen-bond acceptors (Lipinski definition) is 2. The van der Waals surface area contributed by atoms with Crippen molar-refractivity contribution in [2.75, 3.05) is 5.32 Å². The summed E-state index contributed by atoms with van der Waals surface area (Å²) in [7, 11) is 0. The molecule has 0 aliphatic rings. The summed E-state index contributed by atoms with van der Waals surface area (Å²) in [5.74, 6) is -0.211. The molecule has 0 heterocycles. The summed E-state index contributed by atoms with van der Waals surface area (Å²) < 4.78 is 0.882. The van der Waals surface area contributed by atoms with Gasteiger partial charge in [0.1, 0.15) is 0 Å². The number of carbonyl (C=O) groups is 1. The molecule has 5 heteroatoms. The van der Waals surface area contributed by atoms with Gasteiger partial charge in [0.05, 0.1) is 5.56 Å². The van der Waals surface area contributed by atoms with Gasteiger partial charge in [-0.15, -0.1) is 12.6 Å². The van der Waals surface area contributed by atoms with Crippen molar-refractivity contribution in [2.45, 2.75) is 11.8 Å². The number of halogens is 2. The van der Waals surface area contributed by atoms with Gasteiger partial charge in [-0.3, -0.25) is 4.79 Å². The van der Waals surface area contributed by atoms with Gasteiger partial charge in [-0.25, -0.2) is 0 Å². The van der Waals surface area contributed by atoms with Crippen LogP contribution >= 0.6 is 40.2 Å². The molecule has 0 atom stereocenters. The number of thiol groups is 1. The average molecular weight is 357 g/mol. The van der Waals surface area contributed by atoms with Crippen molar-refractivity contribution in [2.24, 2.45) is 0 Å². The van der Waals surface area contributed by atoms with Crippen molar-refractivity contribution in [1.82, 2.24) is 0 Å². The Labute approximate surface area is 130 Å². The second-order valence-corrected chi connectivity index (χ2v) is 5.88. The van der Waals surface area contributed by atoms with Crippen LogP contribution in [0.15, 0.2) is 45.8 Å². The zero-order valence-corrected chi connectivity index (χ0v) is 13.3. The standard InChI is InChI=1S/C14H11BrClNOS/c1-8-2-4-10(7-12(8)16)17-14(18)11-5-3-9(15)6-13(11)19/h2-7,19H,1H3,(H,17,18). The van der Waals surface area contributed by atoms with Gasteiger partial charge in [-0.1, -0.05) is 33.6 Å². The molecule has 2 rings (SSSR count). The Morgan fingerprint density at radius 3 is 2.63 bits per heavy atom. The summed E-state index contributed by atoms with van der Waals surface area (Å²) in [6.07, 6.45) is 0. The average Bonchev–Trinajstić information content (AvgIpc) is 2.33. The minimum absolute atomic E-state index is 0.211. The lowest BCUT2D eigenvalue weighted by Crippen LogP contribution is -2.12. The molecule has 2 nitrogen and oxygen atoms in total. The van der Waals surface area contributed by atoms with Crippen LogP contribution in [-0.2, 0) is 0 Å². The first-order chi connectivity index (χ1) is 8.97. The molecule has 2 aromatic rings. The van der Waals surface area contributed by atoms with Crippen LogP contribution in [0.1, 0.15) is 15.9 Å². The van der Waals surface area contributed by atoms with E-state index in [4.69, 9.17) is 11.6 Å². The third kappa shape index (κ3) is 3.53. The maximum atomic E-state index is 12.1. The van der Waals surface area contributed by atoms with E-state index < -0.39 is 0 Å². The Kier molecular flexibility index (Phi) is 4.55. The number of nitrogens with one attached hydrogen (secondary N) is 1. The van der Waals surface area contributed by atoms with Crippen LogP contribution in [0.4, 0.5) is 5.69 Å². The third-order valence-corrected chi connectivity index (χ3v) is 3.90. The molecule has 0 spiro atoms. The molecule has 0 aliphatic carbocycles. The highest BCUT2D eigenvalue weighted by molar-refractivity contribution is 9.10. The first-order valence-electron chi connectivity index (χ1n) is 5.53. The monoisotopic (exact) mass is 355 g/mol. The van der Waals surface area contributed by atoms with Gasteiger partial charge in [0, 0.05) is 20.1 Å². The lowest BCUT2D eigenvalue weighted by atomic mass is 10.2. The van der Waals surface area contributed by atoms with Crippen LogP contribution in [0.2, 0.25) is 5.02 Å². The lowest BCUT2D eigenvalue weighted by molar-refractivity contribution is 0.102. The molecule has 0 aromatic heterocycles.